The lowest BCUT2D eigenvalue weighted by molar-refractivity contribution is -0.141. The van der Waals surface area contributed by atoms with E-state index in [4.69, 9.17) is 11.5 Å². The van der Waals surface area contributed by atoms with Gasteiger partial charge in [0.1, 0.15) is 36.3 Å². The Morgan fingerprint density at radius 1 is 0.594 bits per heavy atom. The van der Waals surface area contributed by atoms with Crippen LogP contribution in [0.2, 0.25) is 0 Å². The van der Waals surface area contributed by atoms with Gasteiger partial charge in [0.25, 0.3) is 0 Å². The quantitative estimate of drug-likeness (QED) is 0.0104. The van der Waals surface area contributed by atoms with Gasteiger partial charge in [-0.1, -0.05) is 62.2 Å². The van der Waals surface area contributed by atoms with Crippen LogP contribution < -0.4 is 75.3 Å². The highest BCUT2D eigenvalue weighted by molar-refractivity contribution is 8.76. The Hall–Kier alpha value is -7.76. The summed E-state index contributed by atoms with van der Waals surface area (Å²) in [5.74, 6) is -10.9. The molecule has 1 aromatic rings. The van der Waals surface area contributed by atoms with Crippen LogP contribution in [0.1, 0.15) is 131 Å². The van der Waals surface area contributed by atoms with Crippen molar-refractivity contribution >= 4 is 122 Å². The van der Waals surface area contributed by atoms with Gasteiger partial charge in [-0.3, -0.25) is 62.5 Å². The van der Waals surface area contributed by atoms with Crippen molar-refractivity contribution < 1.29 is 73.1 Å². The molecule has 3 rings (SSSR count). The summed E-state index contributed by atoms with van der Waals surface area (Å²) in [7, 11) is 1.87. The van der Waals surface area contributed by atoms with E-state index in [1.807, 2.05) is 27.7 Å². The lowest BCUT2D eigenvalue weighted by atomic mass is 9.94. The standard InChI is InChI=1S/C61H99N17O15S3/c1-36(79)45-32-94-35-51(83)70-42(17-11-12-24-64-48(80)19-13-20-49(81)65-26-21-39(22-27-68-60(4,5)37(2)77-92)23-28-69-61(6,7)38(3)78-93)54(87)75-46-33-95-96-34-47(58(91)73-43(55(88)74-45)29-40-15-9-8-10-16-40)76-56(89)44(30-52(84)85)71-50(82)31-67-53(86)41(72-57(46)90)18-14-25-66-59(62)63/h8-10,15-16,39,41-47,68-69,92-93H,11-14,17-35H2,1-7H3,(H,64,80)(H,65,81)(H,67,86)(H,70,83)(H,71,82)(H,72,90)(H,73,91)(H,74,88)(H,75,87)(H,76,89)(H,84,85)(H4,62,63,66)/b77-37-,78-38-/t41-,42-,43-,44-,45-,46-,47-/m0/s1. The van der Waals surface area contributed by atoms with Crippen molar-refractivity contribution in [3.8, 4) is 0 Å². The minimum Gasteiger partial charge on any atom is -0.481 e. The molecule has 35 heteroatoms. The summed E-state index contributed by atoms with van der Waals surface area (Å²) in [5, 5.41) is 68.2. The number of rotatable bonds is 31. The molecule has 0 spiro atoms. The molecule has 19 N–H and O–H groups in total. The Bertz CT molecular complexity index is 2850. The maximum absolute atomic E-state index is 14.5. The fourth-order valence-corrected chi connectivity index (χ4v) is 12.8. The van der Waals surface area contributed by atoms with Crippen molar-refractivity contribution in [2.24, 2.45) is 32.7 Å². The predicted octanol–water partition coefficient (Wildman–Crippen LogP) is -1.21. The van der Waals surface area contributed by atoms with E-state index in [0.717, 1.165) is 46.2 Å². The number of Topliss-reactive ketones (excluding diaryl/α,β-unsaturated/α-hetero) is 1. The molecule has 2 bridgehead atoms. The van der Waals surface area contributed by atoms with Crippen molar-refractivity contribution in [1.82, 2.24) is 63.8 Å². The molecule has 96 heavy (non-hydrogen) atoms. The number of unbranched alkanes of at least 4 members (excludes halogenated alkanes) is 1. The molecule has 2 aliphatic heterocycles. The number of thioether (sulfide) groups is 1. The van der Waals surface area contributed by atoms with Gasteiger partial charge in [-0.05, 0) is 131 Å². The second-order valence-electron chi connectivity index (χ2n) is 24.5. The molecule has 0 unspecified atom stereocenters. The summed E-state index contributed by atoms with van der Waals surface area (Å²) >= 11 is 0.952. The molecule has 0 saturated carbocycles. The van der Waals surface area contributed by atoms with E-state index in [1.165, 1.54) is 6.92 Å². The normalized spacial score (nSPS) is 21.4. The Morgan fingerprint density at radius 3 is 1.66 bits per heavy atom. The van der Waals surface area contributed by atoms with E-state index in [0.29, 0.717) is 49.5 Å². The number of guanidine groups is 1. The first-order valence-electron chi connectivity index (χ1n) is 31.9. The van der Waals surface area contributed by atoms with E-state index < -0.39 is 125 Å². The number of carbonyl (C=O) groups excluding carboxylic acids is 11. The van der Waals surface area contributed by atoms with E-state index in [-0.39, 0.29) is 111 Å². The maximum Gasteiger partial charge on any atom is 0.305 e. The van der Waals surface area contributed by atoms with E-state index in [2.05, 4.69) is 79.1 Å². The molecule has 0 radical (unpaired) electrons. The number of oxime groups is 2. The second kappa shape index (κ2) is 43.4. The van der Waals surface area contributed by atoms with E-state index in [9.17, 15) is 73.1 Å². The van der Waals surface area contributed by atoms with Gasteiger partial charge in [0.05, 0.1) is 47.3 Å². The molecule has 32 nitrogen and oxygen atoms in total. The third-order valence-electron chi connectivity index (χ3n) is 16.0. The second-order valence-corrected chi connectivity index (χ2v) is 28.0. The number of fused-ring (bicyclic) bond motifs is 5. The van der Waals surface area contributed by atoms with E-state index >= 15 is 0 Å². The number of hydrogen-bond donors (Lipinski definition) is 17. The lowest BCUT2D eigenvalue weighted by Gasteiger charge is -2.28. The van der Waals surface area contributed by atoms with Gasteiger partial charge in [0.2, 0.25) is 59.1 Å². The molecular formula is C61H99N17O15S3. The molecular weight excluding hydrogens is 1310 g/mol. The number of ketones is 1. The molecule has 0 aromatic heterocycles. The average Bonchev–Trinajstić information content (AvgIpc) is 1.27. The Balaban J connectivity index is 1.85. The molecule has 2 aliphatic rings. The van der Waals surface area contributed by atoms with Crippen LogP contribution in [0, 0.1) is 5.92 Å². The number of carboxylic acids is 1. The number of amides is 10. The Kier molecular flexibility index (Phi) is 37.3. The molecule has 7 atom stereocenters. The van der Waals surface area contributed by atoms with Crippen molar-refractivity contribution in [1.29, 1.82) is 0 Å². The van der Waals surface area contributed by atoms with Crippen molar-refractivity contribution in [2.75, 3.05) is 62.3 Å². The predicted molar refractivity (Wildman–Crippen MR) is 367 cm³/mol. The lowest BCUT2D eigenvalue weighted by Crippen LogP contribution is -2.59. The van der Waals surface area contributed by atoms with Crippen LogP contribution in [0.25, 0.3) is 0 Å². The number of benzene rings is 1. The zero-order valence-electron chi connectivity index (χ0n) is 55.7. The highest BCUT2D eigenvalue weighted by Crippen LogP contribution is 2.24. The molecule has 0 aliphatic carbocycles. The Labute approximate surface area is 571 Å². The molecule has 10 amide bonds. The van der Waals surface area contributed by atoms with Crippen molar-refractivity contribution in [3.05, 3.63) is 35.9 Å². The van der Waals surface area contributed by atoms with Gasteiger partial charge in [0.15, 0.2) is 11.7 Å². The number of carboxylic acid groups (broad SMARTS) is 1. The number of hydrogen-bond acceptors (Lipinski definition) is 22. The number of nitrogens with two attached hydrogens (primary N) is 2. The SMILES string of the molecule is CC(=O)[C@@H]1CSCC(=O)N[C@@H](CCCCNC(=O)CCCC(=O)NCCC(CCNC(C)(C)/C(C)=N\O)CCNC(C)(C)/C(C)=N\O)C(=O)N[C@H]2CSSC[C@H](NC(=O)[C@H](CC(=O)O)NC(=O)CNC(=O)[C@H](CCCN=C(N)N)NC2=O)C(=O)N[C@@H](Cc2ccccc2)C(=O)N1. The highest BCUT2D eigenvalue weighted by atomic mass is 33.1. The number of aliphatic imine (C=N–C) groups is 1. The molecule has 536 valence electrons. The Morgan fingerprint density at radius 2 is 1.10 bits per heavy atom. The van der Waals surface area contributed by atoms with Crippen LogP contribution in [0.5, 0.6) is 0 Å². The largest absolute Gasteiger partial charge is 0.481 e. The summed E-state index contributed by atoms with van der Waals surface area (Å²) < 4.78 is 0. The van der Waals surface area contributed by atoms with E-state index in [1.54, 1.807) is 44.2 Å². The highest BCUT2D eigenvalue weighted by Gasteiger charge is 2.35. The first-order valence-corrected chi connectivity index (χ1v) is 35.5. The van der Waals surface area contributed by atoms with Crippen LogP contribution in [0.3, 0.4) is 0 Å². The molecule has 2 fully saturated rings. The number of nitrogens with one attached hydrogen (secondary N) is 12. The number of carbonyl (C=O) groups is 12. The molecule has 2 heterocycles. The van der Waals surface area contributed by atoms with Gasteiger partial charge in [0, 0.05) is 56.2 Å². The van der Waals surface area contributed by atoms with Crippen molar-refractivity contribution in [3.63, 3.8) is 0 Å². The maximum atomic E-state index is 14.5. The fourth-order valence-electron chi connectivity index (χ4n) is 9.57. The van der Waals surface area contributed by atoms with Crippen LogP contribution >= 0.6 is 33.3 Å². The van der Waals surface area contributed by atoms with Gasteiger partial charge >= 0.3 is 5.97 Å². The monoisotopic (exact) mass is 1410 g/mol. The van der Waals surface area contributed by atoms with Crippen LogP contribution in [0.4, 0.5) is 0 Å². The minimum absolute atomic E-state index is 0.0143. The third kappa shape index (κ3) is 32.3. The van der Waals surface area contributed by atoms with Crippen LogP contribution in [-0.4, -0.2) is 219 Å². The van der Waals surface area contributed by atoms with Crippen molar-refractivity contribution in [2.45, 2.75) is 185 Å². The molecule has 2 saturated heterocycles. The average molecular weight is 1410 g/mol. The smallest absolute Gasteiger partial charge is 0.305 e. The third-order valence-corrected chi connectivity index (χ3v) is 19.5. The van der Waals surface area contributed by atoms with Gasteiger partial charge in [-0.15, -0.1) is 11.8 Å². The fraction of sp³-hybridized carbons (Fsp3) is 0.656. The summed E-state index contributed by atoms with van der Waals surface area (Å²) in [6.07, 6.45) is 2.01. The van der Waals surface area contributed by atoms with Gasteiger partial charge < -0.3 is 90.8 Å². The number of nitrogens with zero attached hydrogens (tertiary/aromatic N) is 3. The first kappa shape index (κ1) is 82.5. The number of aliphatic carboxylic acids is 1. The van der Waals surface area contributed by atoms with Gasteiger partial charge in [-0.2, -0.15) is 0 Å². The minimum atomic E-state index is -1.79. The zero-order chi connectivity index (χ0) is 71.4. The zero-order valence-corrected chi connectivity index (χ0v) is 58.2. The van der Waals surface area contributed by atoms with Crippen LogP contribution in [0.15, 0.2) is 45.6 Å². The summed E-state index contributed by atoms with van der Waals surface area (Å²) in [6, 6.07) is -1.59. The van der Waals surface area contributed by atoms with Crippen LogP contribution in [-0.2, 0) is 64.0 Å². The van der Waals surface area contributed by atoms with Gasteiger partial charge in [-0.25, -0.2) is 0 Å². The topological polar surface area (TPSA) is 499 Å². The first-order chi connectivity index (χ1) is 45.4. The summed E-state index contributed by atoms with van der Waals surface area (Å²) in [5.41, 5.74) is 11.6. The summed E-state index contributed by atoms with van der Waals surface area (Å²) in [6.45, 7) is 13.3. The summed E-state index contributed by atoms with van der Waals surface area (Å²) in [4.78, 5) is 167. The molecule has 1 aromatic carbocycles.